The van der Waals surface area contributed by atoms with Crippen LogP contribution in [0.4, 0.5) is 4.39 Å². The van der Waals surface area contributed by atoms with Gasteiger partial charge in [-0.25, -0.2) is 14.0 Å². The molecule has 0 unspecified atom stereocenters. The van der Waals surface area contributed by atoms with Crippen LogP contribution in [-0.4, -0.2) is 18.5 Å². The first-order chi connectivity index (χ1) is 13.0. The van der Waals surface area contributed by atoms with E-state index in [0.29, 0.717) is 27.8 Å². The summed E-state index contributed by atoms with van der Waals surface area (Å²) in [6, 6.07) is 10.3. The monoisotopic (exact) mass is 436 g/mol. The molecule has 0 amide bonds. The Bertz CT molecular complexity index is 774. The fraction of sp³-hybridized carbons (Fsp3) is 0.333. The van der Waals surface area contributed by atoms with Crippen molar-refractivity contribution in [3.8, 4) is 0 Å². The highest BCUT2D eigenvalue weighted by atomic mass is 79.9. The van der Waals surface area contributed by atoms with Gasteiger partial charge in [0.25, 0.3) is 0 Å². The van der Waals surface area contributed by atoms with Gasteiger partial charge in [-0.3, -0.25) is 0 Å². The zero-order valence-electron chi connectivity index (χ0n) is 15.2. The normalized spacial score (nSPS) is 10.5. The summed E-state index contributed by atoms with van der Waals surface area (Å²) in [5.41, 5.74) is 1.23. The van der Waals surface area contributed by atoms with Crippen LogP contribution < -0.4 is 0 Å². The van der Waals surface area contributed by atoms with E-state index in [1.807, 2.05) is 0 Å². The zero-order valence-corrected chi connectivity index (χ0v) is 16.8. The molecule has 0 spiro atoms. The lowest BCUT2D eigenvalue weighted by Crippen LogP contribution is -2.09. The van der Waals surface area contributed by atoms with Gasteiger partial charge in [0.05, 0.1) is 17.7 Å². The highest BCUT2D eigenvalue weighted by Crippen LogP contribution is 2.19. The van der Waals surface area contributed by atoms with Gasteiger partial charge in [0.15, 0.2) is 0 Å². The first kappa shape index (κ1) is 21.1. The summed E-state index contributed by atoms with van der Waals surface area (Å²) in [6.45, 7) is 2.46. The number of carbonyl (C=O) groups is 2. The highest BCUT2D eigenvalue weighted by molar-refractivity contribution is 9.10. The second-order valence-electron chi connectivity index (χ2n) is 6.09. The molecule has 0 heterocycles. The molecule has 0 fully saturated rings. The Morgan fingerprint density at radius 1 is 0.926 bits per heavy atom. The molecule has 0 aliphatic carbocycles. The third-order valence-corrected chi connectivity index (χ3v) is 4.73. The van der Waals surface area contributed by atoms with Gasteiger partial charge in [0.2, 0.25) is 0 Å². The first-order valence-corrected chi connectivity index (χ1v) is 9.68. The second kappa shape index (κ2) is 10.8. The maximum Gasteiger partial charge on any atom is 0.338 e. The van der Waals surface area contributed by atoms with E-state index in [1.54, 1.807) is 6.07 Å². The summed E-state index contributed by atoms with van der Waals surface area (Å²) < 4.78 is 24.3. The Hall–Kier alpha value is -2.21. The van der Waals surface area contributed by atoms with Gasteiger partial charge in [-0.1, -0.05) is 42.1 Å². The van der Waals surface area contributed by atoms with Gasteiger partial charge in [0, 0.05) is 10.0 Å². The van der Waals surface area contributed by atoms with Crippen molar-refractivity contribution >= 4 is 27.9 Å². The molecule has 2 aromatic rings. The minimum Gasteiger partial charge on any atom is -0.462 e. The molecule has 27 heavy (non-hydrogen) atoms. The van der Waals surface area contributed by atoms with Crippen molar-refractivity contribution < 1.29 is 23.5 Å². The number of hydrogen-bond donors (Lipinski definition) is 0. The standard InChI is InChI=1S/C21H22BrFO4/c1-2-3-4-5-12-26-20(24)15-6-8-16(9-7-15)21(25)27-14-17-13-18(23)10-11-19(17)22/h6-11,13H,2-5,12,14H2,1H3. The lowest BCUT2D eigenvalue weighted by atomic mass is 10.1. The maximum absolute atomic E-state index is 13.3. The molecule has 0 radical (unpaired) electrons. The van der Waals surface area contributed by atoms with E-state index < -0.39 is 17.8 Å². The smallest absolute Gasteiger partial charge is 0.338 e. The number of benzene rings is 2. The van der Waals surface area contributed by atoms with Gasteiger partial charge in [-0.2, -0.15) is 0 Å². The van der Waals surface area contributed by atoms with Crippen LogP contribution in [0.1, 0.15) is 58.9 Å². The molecule has 0 aliphatic rings. The molecule has 0 saturated heterocycles. The van der Waals surface area contributed by atoms with Crippen molar-refractivity contribution in [2.24, 2.45) is 0 Å². The summed E-state index contributed by atoms with van der Waals surface area (Å²) >= 11 is 3.29. The van der Waals surface area contributed by atoms with E-state index in [0.717, 1.165) is 25.7 Å². The van der Waals surface area contributed by atoms with E-state index in [4.69, 9.17) is 9.47 Å². The molecule has 0 bridgehead atoms. The molecule has 2 aromatic carbocycles. The van der Waals surface area contributed by atoms with E-state index in [9.17, 15) is 14.0 Å². The van der Waals surface area contributed by atoms with Crippen molar-refractivity contribution in [1.82, 2.24) is 0 Å². The Morgan fingerprint density at radius 2 is 1.56 bits per heavy atom. The van der Waals surface area contributed by atoms with Crippen LogP contribution in [0, 0.1) is 5.82 Å². The van der Waals surface area contributed by atoms with Crippen molar-refractivity contribution in [3.05, 3.63) is 69.4 Å². The third-order valence-electron chi connectivity index (χ3n) is 3.95. The number of esters is 2. The number of hydrogen-bond acceptors (Lipinski definition) is 4. The summed E-state index contributed by atoms with van der Waals surface area (Å²) in [5, 5.41) is 0. The van der Waals surface area contributed by atoms with Crippen molar-refractivity contribution in [1.29, 1.82) is 0 Å². The SMILES string of the molecule is CCCCCCOC(=O)c1ccc(C(=O)OCc2cc(F)ccc2Br)cc1. The Morgan fingerprint density at radius 3 is 2.19 bits per heavy atom. The molecule has 0 N–H and O–H groups in total. The van der Waals surface area contributed by atoms with E-state index >= 15 is 0 Å². The number of halogens is 2. The van der Waals surface area contributed by atoms with Crippen LogP contribution in [0.2, 0.25) is 0 Å². The molecule has 6 heteroatoms. The predicted molar refractivity (Wildman–Crippen MR) is 104 cm³/mol. The Balaban J connectivity index is 1.85. The van der Waals surface area contributed by atoms with Crippen LogP contribution in [0.15, 0.2) is 46.9 Å². The van der Waals surface area contributed by atoms with E-state index in [2.05, 4.69) is 22.9 Å². The van der Waals surface area contributed by atoms with Crippen molar-refractivity contribution in [2.45, 2.75) is 39.2 Å². The summed E-state index contributed by atoms with van der Waals surface area (Å²) in [4.78, 5) is 24.1. The van der Waals surface area contributed by atoms with Gasteiger partial charge in [-0.15, -0.1) is 0 Å². The molecule has 0 atom stereocenters. The second-order valence-corrected chi connectivity index (χ2v) is 6.94. The van der Waals surface area contributed by atoms with E-state index in [1.165, 1.54) is 36.4 Å². The molecule has 4 nitrogen and oxygen atoms in total. The topological polar surface area (TPSA) is 52.6 Å². The van der Waals surface area contributed by atoms with Crippen LogP contribution in [-0.2, 0) is 16.1 Å². The molecule has 144 valence electrons. The molecule has 0 aliphatic heterocycles. The fourth-order valence-electron chi connectivity index (χ4n) is 2.40. The summed E-state index contributed by atoms with van der Waals surface area (Å²) in [7, 11) is 0. The number of unbranched alkanes of at least 4 members (excludes halogenated alkanes) is 3. The predicted octanol–water partition coefficient (Wildman–Crippen LogP) is 5.68. The van der Waals surface area contributed by atoms with Crippen molar-refractivity contribution in [3.63, 3.8) is 0 Å². The van der Waals surface area contributed by atoms with Crippen LogP contribution >= 0.6 is 15.9 Å². The maximum atomic E-state index is 13.3. The lowest BCUT2D eigenvalue weighted by Gasteiger charge is -2.08. The minimum absolute atomic E-state index is 0.0568. The summed E-state index contributed by atoms with van der Waals surface area (Å²) in [6.07, 6.45) is 4.14. The van der Waals surface area contributed by atoms with Gasteiger partial charge in [-0.05, 0) is 48.9 Å². The molecule has 0 aromatic heterocycles. The average molecular weight is 437 g/mol. The van der Waals surface area contributed by atoms with Crippen molar-refractivity contribution in [2.75, 3.05) is 6.61 Å². The minimum atomic E-state index is -0.550. The van der Waals surface area contributed by atoms with E-state index in [-0.39, 0.29) is 6.61 Å². The van der Waals surface area contributed by atoms with Gasteiger partial charge >= 0.3 is 11.9 Å². The van der Waals surface area contributed by atoms with Crippen LogP contribution in [0.3, 0.4) is 0 Å². The average Bonchev–Trinajstić information content (AvgIpc) is 2.68. The molecular formula is C21H22BrFO4. The molecule has 2 rings (SSSR count). The fourth-order valence-corrected chi connectivity index (χ4v) is 2.76. The number of carbonyl (C=O) groups excluding carboxylic acids is 2. The lowest BCUT2D eigenvalue weighted by molar-refractivity contribution is 0.0465. The number of rotatable bonds is 9. The Labute approximate surface area is 166 Å². The third kappa shape index (κ3) is 6.79. The first-order valence-electron chi connectivity index (χ1n) is 8.89. The van der Waals surface area contributed by atoms with Crippen LogP contribution in [0.25, 0.3) is 0 Å². The summed E-state index contributed by atoms with van der Waals surface area (Å²) in [5.74, 6) is -1.36. The molecule has 0 saturated carbocycles. The van der Waals surface area contributed by atoms with Crippen LogP contribution in [0.5, 0.6) is 0 Å². The number of ether oxygens (including phenoxy) is 2. The molecular weight excluding hydrogens is 415 g/mol. The zero-order chi connectivity index (χ0) is 19.6. The Kier molecular flexibility index (Phi) is 8.45. The quantitative estimate of drug-likeness (QED) is 0.374. The largest absolute Gasteiger partial charge is 0.462 e. The van der Waals surface area contributed by atoms with Gasteiger partial charge < -0.3 is 9.47 Å². The highest BCUT2D eigenvalue weighted by Gasteiger charge is 2.12. The van der Waals surface area contributed by atoms with Gasteiger partial charge in [0.1, 0.15) is 12.4 Å².